The Balaban J connectivity index is 4.14. The summed E-state index contributed by atoms with van der Waals surface area (Å²) < 4.78 is 0. The van der Waals surface area contributed by atoms with Gasteiger partial charge in [0, 0.05) is 19.6 Å². The van der Waals surface area contributed by atoms with Crippen molar-refractivity contribution in [3.8, 4) is 0 Å². The Morgan fingerprint density at radius 1 is 1.53 bits per heavy atom. The van der Waals surface area contributed by atoms with Crippen molar-refractivity contribution in [2.75, 3.05) is 20.1 Å². The number of amides is 1. The van der Waals surface area contributed by atoms with Gasteiger partial charge in [-0.25, -0.2) is 0 Å². The van der Waals surface area contributed by atoms with E-state index in [9.17, 15) is 4.79 Å². The summed E-state index contributed by atoms with van der Waals surface area (Å²) in [5, 5.41) is 3.01. The van der Waals surface area contributed by atoms with Crippen LogP contribution in [0.5, 0.6) is 0 Å². The molecule has 0 fully saturated rings. The van der Waals surface area contributed by atoms with Crippen LogP contribution in [0.3, 0.4) is 0 Å². The number of nitrogens with one attached hydrogen (secondary N) is 1. The molecule has 3 nitrogen and oxygen atoms in total. The van der Waals surface area contributed by atoms with Crippen LogP contribution in [0.2, 0.25) is 0 Å². The van der Waals surface area contributed by atoms with Crippen LogP contribution in [0, 0.1) is 5.41 Å². The van der Waals surface area contributed by atoms with Gasteiger partial charge in [-0.1, -0.05) is 26.8 Å². The summed E-state index contributed by atoms with van der Waals surface area (Å²) in [7, 11) is 1.86. The first-order valence-corrected chi connectivity index (χ1v) is 5.38. The van der Waals surface area contributed by atoms with Crippen LogP contribution in [0.1, 0.15) is 27.7 Å². The minimum atomic E-state index is 0.114. The van der Waals surface area contributed by atoms with Crippen molar-refractivity contribution < 1.29 is 4.79 Å². The van der Waals surface area contributed by atoms with Crippen LogP contribution in [0.4, 0.5) is 0 Å². The molecule has 1 atom stereocenters. The standard InChI is InChI=1S/C12H24N2O/c1-7-8-13-9-11(15)14(6)10(2)12(3,4)5/h7,10,13H,1,8-9H2,2-6H3. The quantitative estimate of drug-likeness (QED) is 0.555. The molecule has 15 heavy (non-hydrogen) atoms. The molecule has 1 unspecified atom stereocenters. The van der Waals surface area contributed by atoms with E-state index in [2.05, 4.69) is 39.6 Å². The molecule has 0 spiro atoms. The first-order valence-electron chi connectivity index (χ1n) is 5.38. The molecule has 0 aliphatic heterocycles. The van der Waals surface area contributed by atoms with E-state index in [0.29, 0.717) is 13.1 Å². The van der Waals surface area contributed by atoms with Gasteiger partial charge < -0.3 is 10.2 Å². The highest BCUT2D eigenvalue weighted by Crippen LogP contribution is 2.22. The van der Waals surface area contributed by atoms with Crippen LogP contribution in [0.15, 0.2) is 12.7 Å². The molecule has 1 amide bonds. The lowest BCUT2D eigenvalue weighted by Gasteiger charge is -2.35. The molecule has 0 heterocycles. The zero-order chi connectivity index (χ0) is 12.1. The Morgan fingerprint density at radius 3 is 2.47 bits per heavy atom. The molecule has 88 valence electrons. The molecule has 1 N–H and O–H groups in total. The normalized spacial score (nSPS) is 13.4. The van der Waals surface area contributed by atoms with E-state index in [-0.39, 0.29) is 17.4 Å². The highest BCUT2D eigenvalue weighted by molar-refractivity contribution is 5.78. The van der Waals surface area contributed by atoms with E-state index in [4.69, 9.17) is 0 Å². The van der Waals surface area contributed by atoms with E-state index < -0.39 is 0 Å². The smallest absolute Gasteiger partial charge is 0.236 e. The first kappa shape index (κ1) is 14.2. The van der Waals surface area contributed by atoms with Crippen LogP contribution < -0.4 is 5.32 Å². The van der Waals surface area contributed by atoms with Crippen LogP contribution >= 0.6 is 0 Å². The van der Waals surface area contributed by atoms with Gasteiger partial charge in [-0.15, -0.1) is 6.58 Å². The summed E-state index contributed by atoms with van der Waals surface area (Å²) in [6.07, 6.45) is 1.75. The van der Waals surface area contributed by atoms with Crippen molar-refractivity contribution in [2.24, 2.45) is 5.41 Å². The fraction of sp³-hybridized carbons (Fsp3) is 0.750. The third kappa shape index (κ3) is 4.98. The van der Waals surface area contributed by atoms with E-state index in [1.807, 2.05) is 7.05 Å². The van der Waals surface area contributed by atoms with Gasteiger partial charge in [0.15, 0.2) is 0 Å². The summed E-state index contributed by atoms with van der Waals surface area (Å²) in [6, 6.07) is 0.232. The molecule has 0 saturated carbocycles. The highest BCUT2D eigenvalue weighted by atomic mass is 16.2. The lowest BCUT2D eigenvalue weighted by atomic mass is 9.87. The summed E-state index contributed by atoms with van der Waals surface area (Å²) in [5.41, 5.74) is 0.114. The largest absolute Gasteiger partial charge is 0.341 e. The molecule has 3 heteroatoms. The van der Waals surface area contributed by atoms with Crippen molar-refractivity contribution in [1.82, 2.24) is 10.2 Å². The number of hydrogen-bond donors (Lipinski definition) is 1. The molecule has 0 aliphatic carbocycles. The van der Waals surface area contributed by atoms with E-state index >= 15 is 0 Å². The van der Waals surface area contributed by atoms with Gasteiger partial charge in [-0.2, -0.15) is 0 Å². The SMILES string of the molecule is C=CCNCC(=O)N(C)C(C)C(C)(C)C. The average molecular weight is 212 g/mol. The van der Waals surface area contributed by atoms with Gasteiger partial charge in [0.1, 0.15) is 0 Å². The number of rotatable bonds is 5. The Labute approximate surface area is 93.5 Å². The minimum Gasteiger partial charge on any atom is -0.341 e. The lowest BCUT2D eigenvalue weighted by molar-refractivity contribution is -0.132. The second-order valence-corrected chi connectivity index (χ2v) is 4.97. The molecular weight excluding hydrogens is 188 g/mol. The van der Waals surface area contributed by atoms with Crippen molar-refractivity contribution in [1.29, 1.82) is 0 Å². The average Bonchev–Trinajstić information content (AvgIpc) is 2.14. The fourth-order valence-electron chi connectivity index (χ4n) is 1.20. The molecule has 0 rings (SSSR count). The summed E-state index contributed by atoms with van der Waals surface area (Å²) in [6.45, 7) is 13.1. The van der Waals surface area contributed by atoms with Crippen molar-refractivity contribution in [3.63, 3.8) is 0 Å². The van der Waals surface area contributed by atoms with Crippen molar-refractivity contribution >= 4 is 5.91 Å². The number of carbonyl (C=O) groups is 1. The third-order valence-corrected chi connectivity index (χ3v) is 2.79. The molecule has 0 aliphatic rings. The highest BCUT2D eigenvalue weighted by Gasteiger charge is 2.26. The lowest BCUT2D eigenvalue weighted by Crippen LogP contribution is -2.46. The Hall–Kier alpha value is -0.830. The second-order valence-electron chi connectivity index (χ2n) is 4.97. The number of likely N-dealkylation sites (N-methyl/N-ethyl adjacent to an activating group) is 1. The number of nitrogens with zero attached hydrogens (tertiary/aromatic N) is 1. The molecular formula is C12H24N2O. The first-order chi connectivity index (χ1) is 6.80. The Bertz CT molecular complexity index is 218. The predicted molar refractivity (Wildman–Crippen MR) is 64.8 cm³/mol. The molecule has 0 saturated heterocycles. The molecule has 0 aromatic rings. The van der Waals surface area contributed by atoms with Crippen molar-refractivity contribution in [2.45, 2.75) is 33.7 Å². The van der Waals surface area contributed by atoms with Gasteiger partial charge in [-0.3, -0.25) is 4.79 Å². The summed E-state index contributed by atoms with van der Waals surface area (Å²) in [4.78, 5) is 13.5. The molecule has 0 bridgehead atoms. The number of hydrogen-bond acceptors (Lipinski definition) is 2. The molecule has 0 aromatic heterocycles. The zero-order valence-electron chi connectivity index (χ0n) is 10.6. The summed E-state index contributed by atoms with van der Waals surface area (Å²) in [5.74, 6) is 0.124. The van der Waals surface area contributed by atoms with Gasteiger partial charge >= 0.3 is 0 Å². The monoisotopic (exact) mass is 212 g/mol. The van der Waals surface area contributed by atoms with Gasteiger partial charge in [-0.05, 0) is 12.3 Å². The van der Waals surface area contributed by atoms with Gasteiger partial charge in [0.05, 0.1) is 6.54 Å². The van der Waals surface area contributed by atoms with Crippen LogP contribution in [-0.4, -0.2) is 37.0 Å². The topological polar surface area (TPSA) is 32.3 Å². The van der Waals surface area contributed by atoms with Crippen LogP contribution in [-0.2, 0) is 4.79 Å². The molecule has 0 aromatic carbocycles. The summed E-state index contributed by atoms with van der Waals surface area (Å²) >= 11 is 0. The minimum absolute atomic E-state index is 0.114. The third-order valence-electron chi connectivity index (χ3n) is 2.79. The Kier molecular flexibility index (Phi) is 5.58. The van der Waals surface area contributed by atoms with E-state index in [1.165, 1.54) is 0 Å². The maximum absolute atomic E-state index is 11.7. The predicted octanol–water partition coefficient (Wildman–Crippen LogP) is 1.65. The fourth-order valence-corrected chi connectivity index (χ4v) is 1.20. The maximum Gasteiger partial charge on any atom is 0.236 e. The zero-order valence-corrected chi connectivity index (χ0v) is 10.6. The second kappa shape index (κ2) is 5.91. The van der Waals surface area contributed by atoms with Gasteiger partial charge in [0.2, 0.25) is 5.91 Å². The van der Waals surface area contributed by atoms with E-state index in [1.54, 1.807) is 11.0 Å². The van der Waals surface area contributed by atoms with Gasteiger partial charge in [0.25, 0.3) is 0 Å². The molecule has 0 radical (unpaired) electrons. The Morgan fingerprint density at radius 2 is 2.07 bits per heavy atom. The van der Waals surface area contributed by atoms with Crippen molar-refractivity contribution in [3.05, 3.63) is 12.7 Å². The maximum atomic E-state index is 11.7. The van der Waals surface area contributed by atoms with Crippen LogP contribution in [0.25, 0.3) is 0 Å². The number of carbonyl (C=O) groups excluding carboxylic acids is 1. The van der Waals surface area contributed by atoms with E-state index in [0.717, 1.165) is 0 Å².